The average molecular weight is 179 g/mol. The molecule has 13 heavy (non-hydrogen) atoms. The van der Waals surface area contributed by atoms with E-state index in [0.29, 0.717) is 0 Å². The van der Waals surface area contributed by atoms with Crippen molar-refractivity contribution in [3.63, 3.8) is 0 Å². The molecule has 3 nitrogen and oxygen atoms in total. The summed E-state index contributed by atoms with van der Waals surface area (Å²) in [6, 6.07) is 0. The highest BCUT2D eigenvalue weighted by Crippen LogP contribution is 2.16. The number of hydrogen-bond donors (Lipinski definition) is 0. The van der Waals surface area contributed by atoms with Gasteiger partial charge in [0.2, 0.25) is 0 Å². The molecule has 3 heteroatoms. The van der Waals surface area contributed by atoms with Crippen LogP contribution in [-0.2, 0) is 19.5 Å². The van der Waals surface area contributed by atoms with Gasteiger partial charge in [0, 0.05) is 18.8 Å². The molecule has 0 amide bonds. The van der Waals surface area contributed by atoms with Crippen molar-refractivity contribution in [3.05, 3.63) is 17.2 Å². The smallest absolute Gasteiger partial charge is 0.123 e. The third-order valence-corrected chi connectivity index (χ3v) is 2.85. The Hall–Kier alpha value is -0.830. The van der Waals surface area contributed by atoms with E-state index in [-0.39, 0.29) is 0 Å². The summed E-state index contributed by atoms with van der Waals surface area (Å²) in [5, 5.41) is 0. The van der Waals surface area contributed by atoms with E-state index in [2.05, 4.69) is 35.3 Å². The summed E-state index contributed by atoms with van der Waals surface area (Å²) < 4.78 is 2.36. The molecule has 2 rings (SSSR count). The van der Waals surface area contributed by atoms with Crippen LogP contribution in [0, 0.1) is 6.92 Å². The van der Waals surface area contributed by atoms with Crippen molar-refractivity contribution in [1.82, 2.24) is 14.5 Å². The Morgan fingerprint density at radius 3 is 2.85 bits per heavy atom. The molecule has 1 aromatic heterocycles. The lowest BCUT2D eigenvalue weighted by Crippen LogP contribution is -2.30. The molecule has 1 aliphatic heterocycles. The number of rotatable bonds is 1. The van der Waals surface area contributed by atoms with Crippen molar-refractivity contribution in [3.8, 4) is 0 Å². The first-order chi connectivity index (χ1) is 6.22. The third-order valence-electron chi connectivity index (χ3n) is 2.85. The predicted molar refractivity (Wildman–Crippen MR) is 52.7 cm³/mol. The highest BCUT2D eigenvalue weighted by atomic mass is 15.2. The molecule has 0 radical (unpaired) electrons. The summed E-state index contributed by atoms with van der Waals surface area (Å²) in [6.45, 7) is 7.60. The van der Waals surface area contributed by atoms with Crippen LogP contribution in [0.15, 0.2) is 0 Å². The average Bonchev–Trinajstić information content (AvgIpc) is 2.42. The maximum atomic E-state index is 4.64. The summed E-state index contributed by atoms with van der Waals surface area (Å²) in [6.07, 6.45) is 1.05. The van der Waals surface area contributed by atoms with Crippen molar-refractivity contribution >= 4 is 0 Å². The molecule has 0 N–H and O–H groups in total. The molecule has 2 heterocycles. The van der Waals surface area contributed by atoms with Crippen LogP contribution in [0.25, 0.3) is 0 Å². The third kappa shape index (κ3) is 1.37. The minimum atomic E-state index is 1.00. The van der Waals surface area contributed by atoms with E-state index in [1.54, 1.807) is 0 Å². The molecule has 0 aliphatic carbocycles. The van der Waals surface area contributed by atoms with Gasteiger partial charge in [-0.1, -0.05) is 6.92 Å². The standard InChI is InChI=1S/C10H17N3/c1-4-9-8(2)13-6-5-12(3)7-10(13)11-9/h4-7H2,1-3H3. The predicted octanol–water partition coefficient (Wildman–Crippen LogP) is 1.20. The first kappa shape index (κ1) is 8.75. The van der Waals surface area contributed by atoms with E-state index in [1.165, 1.54) is 17.2 Å². The van der Waals surface area contributed by atoms with E-state index >= 15 is 0 Å². The Kier molecular flexibility index (Phi) is 2.12. The molecule has 1 aromatic rings. The zero-order chi connectivity index (χ0) is 9.42. The molecule has 0 spiro atoms. The highest BCUT2D eigenvalue weighted by Gasteiger charge is 2.18. The second-order valence-electron chi connectivity index (χ2n) is 3.80. The molecule has 0 unspecified atom stereocenters. The van der Waals surface area contributed by atoms with Crippen LogP contribution in [0.4, 0.5) is 0 Å². The topological polar surface area (TPSA) is 21.1 Å². The number of aromatic nitrogens is 2. The lowest BCUT2D eigenvalue weighted by atomic mass is 10.3. The molecular formula is C10H17N3. The van der Waals surface area contributed by atoms with E-state index in [9.17, 15) is 0 Å². The molecule has 1 aliphatic rings. The number of nitrogens with zero attached hydrogens (tertiary/aromatic N) is 3. The van der Waals surface area contributed by atoms with E-state index in [1.807, 2.05) is 0 Å². The Balaban J connectivity index is 2.39. The molecular weight excluding hydrogens is 162 g/mol. The highest BCUT2D eigenvalue weighted by molar-refractivity contribution is 5.16. The van der Waals surface area contributed by atoms with Crippen LogP contribution < -0.4 is 0 Å². The molecule has 0 atom stereocenters. The van der Waals surface area contributed by atoms with E-state index < -0.39 is 0 Å². The minimum Gasteiger partial charge on any atom is -0.330 e. The second-order valence-corrected chi connectivity index (χ2v) is 3.80. The number of likely N-dealkylation sites (N-methyl/N-ethyl adjacent to an activating group) is 1. The van der Waals surface area contributed by atoms with Gasteiger partial charge in [-0.3, -0.25) is 4.90 Å². The zero-order valence-electron chi connectivity index (χ0n) is 8.67. The number of fused-ring (bicyclic) bond motifs is 1. The Labute approximate surface area is 79.4 Å². The van der Waals surface area contributed by atoms with Crippen molar-refractivity contribution < 1.29 is 0 Å². The van der Waals surface area contributed by atoms with Crippen molar-refractivity contribution in [2.45, 2.75) is 33.4 Å². The fourth-order valence-corrected chi connectivity index (χ4v) is 1.99. The second kappa shape index (κ2) is 3.14. The van der Waals surface area contributed by atoms with Gasteiger partial charge in [-0.2, -0.15) is 0 Å². The molecule has 72 valence electrons. The fraction of sp³-hybridized carbons (Fsp3) is 0.700. The summed E-state index contributed by atoms with van der Waals surface area (Å²) in [5.74, 6) is 1.24. The molecule has 0 saturated carbocycles. The van der Waals surface area contributed by atoms with Gasteiger partial charge in [0.1, 0.15) is 5.82 Å². The minimum absolute atomic E-state index is 1.00. The first-order valence-corrected chi connectivity index (χ1v) is 4.95. The van der Waals surface area contributed by atoms with Gasteiger partial charge < -0.3 is 4.57 Å². The molecule has 0 saturated heterocycles. The van der Waals surface area contributed by atoms with Gasteiger partial charge >= 0.3 is 0 Å². The Bertz CT molecular complexity index is 314. The monoisotopic (exact) mass is 179 g/mol. The quantitative estimate of drug-likeness (QED) is 0.646. The van der Waals surface area contributed by atoms with E-state index in [4.69, 9.17) is 0 Å². The maximum absolute atomic E-state index is 4.64. The maximum Gasteiger partial charge on any atom is 0.123 e. The van der Waals surface area contributed by atoms with Crippen LogP contribution in [-0.4, -0.2) is 28.0 Å². The number of hydrogen-bond acceptors (Lipinski definition) is 2. The van der Waals surface area contributed by atoms with Crippen LogP contribution in [0.2, 0.25) is 0 Å². The van der Waals surface area contributed by atoms with Gasteiger partial charge in [-0.15, -0.1) is 0 Å². The molecule has 0 bridgehead atoms. The van der Waals surface area contributed by atoms with Gasteiger partial charge in [-0.25, -0.2) is 4.98 Å². The van der Waals surface area contributed by atoms with Gasteiger partial charge in [0.05, 0.1) is 12.2 Å². The van der Waals surface area contributed by atoms with E-state index in [0.717, 1.165) is 26.1 Å². The van der Waals surface area contributed by atoms with Gasteiger partial charge in [-0.05, 0) is 20.4 Å². The largest absolute Gasteiger partial charge is 0.330 e. The summed E-state index contributed by atoms with van der Waals surface area (Å²) in [5.41, 5.74) is 2.64. The summed E-state index contributed by atoms with van der Waals surface area (Å²) >= 11 is 0. The Morgan fingerprint density at radius 1 is 1.38 bits per heavy atom. The molecule has 0 aromatic carbocycles. The fourth-order valence-electron chi connectivity index (χ4n) is 1.99. The van der Waals surface area contributed by atoms with Crippen molar-refractivity contribution in [1.29, 1.82) is 0 Å². The zero-order valence-corrected chi connectivity index (χ0v) is 8.67. The lowest BCUT2D eigenvalue weighted by Gasteiger charge is -2.24. The van der Waals surface area contributed by atoms with Crippen LogP contribution in [0.1, 0.15) is 24.1 Å². The van der Waals surface area contributed by atoms with Crippen molar-refractivity contribution in [2.75, 3.05) is 13.6 Å². The van der Waals surface area contributed by atoms with Gasteiger partial charge in [0.25, 0.3) is 0 Å². The number of aryl methyl sites for hydroxylation is 1. The molecule has 0 fully saturated rings. The number of imidazole rings is 1. The Morgan fingerprint density at radius 2 is 2.15 bits per heavy atom. The SMILES string of the molecule is CCc1nc2n(c1C)CCN(C)C2. The summed E-state index contributed by atoms with van der Waals surface area (Å²) in [4.78, 5) is 6.96. The first-order valence-electron chi connectivity index (χ1n) is 4.95. The lowest BCUT2D eigenvalue weighted by molar-refractivity contribution is 0.263. The summed E-state index contributed by atoms with van der Waals surface area (Å²) in [7, 11) is 2.15. The van der Waals surface area contributed by atoms with Crippen LogP contribution in [0.3, 0.4) is 0 Å². The van der Waals surface area contributed by atoms with Gasteiger partial charge in [0.15, 0.2) is 0 Å². The van der Waals surface area contributed by atoms with Crippen molar-refractivity contribution in [2.24, 2.45) is 0 Å². The normalized spacial score (nSPS) is 17.5. The van der Waals surface area contributed by atoms with Crippen LogP contribution in [0.5, 0.6) is 0 Å². The van der Waals surface area contributed by atoms with Crippen LogP contribution >= 0.6 is 0 Å².